The van der Waals surface area contributed by atoms with E-state index in [9.17, 15) is 9.59 Å². The van der Waals surface area contributed by atoms with E-state index >= 15 is 0 Å². The van der Waals surface area contributed by atoms with Crippen LogP contribution in [0.5, 0.6) is 0 Å². The van der Waals surface area contributed by atoms with Crippen molar-refractivity contribution in [2.45, 2.75) is 65.5 Å². The third kappa shape index (κ3) is 5.56. The number of ether oxygens (including phenoxy) is 2. The van der Waals surface area contributed by atoms with Gasteiger partial charge in [-0.2, -0.15) is 0 Å². The summed E-state index contributed by atoms with van der Waals surface area (Å²) in [5, 5.41) is 0. The Kier molecular flexibility index (Phi) is 6.05. The molecule has 1 aliphatic heterocycles. The van der Waals surface area contributed by atoms with Crippen LogP contribution < -0.4 is 0 Å². The van der Waals surface area contributed by atoms with E-state index < -0.39 is 5.60 Å². The molecule has 0 spiro atoms. The van der Waals surface area contributed by atoms with Gasteiger partial charge in [0.1, 0.15) is 5.60 Å². The van der Waals surface area contributed by atoms with Crippen molar-refractivity contribution < 1.29 is 19.1 Å². The molecule has 2 atom stereocenters. The molecule has 122 valence electrons. The lowest BCUT2D eigenvalue weighted by atomic mass is 9.84. The molecule has 1 rings (SSSR count). The summed E-state index contributed by atoms with van der Waals surface area (Å²) >= 11 is 0. The number of esters is 1. The number of carbonyl (C=O) groups excluding carboxylic acids is 2. The first-order chi connectivity index (χ1) is 9.64. The molecule has 5 heteroatoms. The van der Waals surface area contributed by atoms with Gasteiger partial charge in [-0.1, -0.05) is 13.8 Å². The van der Waals surface area contributed by atoms with Crippen LogP contribution in [0.1, 0.15) is 53.9 Å². The van der Waals surface area contributed by atoms with Crippen LogP contribution in [0.15, 0.2) is 0 Å². The first kappa shape index (κ1) is 17.8. The molecule has 0 bridgehead atoms. The summed E-state index contributed by atoms with van der Waals surface area (Å²) in [6.07, 6.45) is 1.82. The Labute approximate surface area is 128 Å². The van der Waals surface area contributed by atoms with E-state index in [1.165, 1.54) is 7.11 Å². The highest BCUT2D eigenvalue weighted by molar-refractivity contribution is 5.70. The summed E-state index contributed by atoms with van der Waals surface area (Å²) in [6, 6.07) is 0.114. The van der Waals surface area contributed by atoms with Gasteiger partial charge >= 0.3 is 12.1 Å². The lowest BCUT2D eigenvalue weighted by Gasteiger charge is -2.41. The summed E-state index contributed by atoms with van der Waals surface area (Å²) in [6.45, 7) is 10.5. The fourth-order valence-corrected chi connectivity index (χ4v) is 2.76. The zero-order valence-corrected chi connectivity index (χ0v) is 14.1. The highest BCUT2D eigenvalue weighted by atomic mass is 16.6. The maximum atomic E-state index is 12.3. The number of likely N-dealkylation sites (tertiary alicyclic amines) is 1. The van der Waals surface area contributed by atoms with E-state index in [0.29, 0.717) is 18.9 Å². The Balaban J connectivity index is 2.71. The van der Waals surface area contributed by atoms with Crippen molar-refractivity contribution >= 4 is 12.1 Å². The van der Waals surface area contributed by atoms with Crippen molar-refractivity contribution in [1.82, 2.24) is 4.90 Å². The standard InChI is InChI=1S/C16H29NO4/c1-11(2)13-9-12(10-14(18)20-6)7-8-17(13)15(19)21-16(3,4)5/h11-13H,7-10H2,1-6H3/t12-,13+/m1/s1. The Hall–Kier alpha value is -1.26. The van der Waals surface area contributed by atoms with Gasteiger partial charge in [0.05, 0.1) is 7.11 Å². The molecule has 1 heterocycles. The summed E-state index contributed by atoms with van der Waals surface area (Å²) in [7, 11) is 1.41. The van der Waals surface area contributed by atoms with E-state index in [2.05, 4.69) is 13.8 Å². The largest absolute Gasteiger partial charge is 0.469 e. The first-order valence-corrected chi connectivity index (χ1v) is 7.70. The van der Waals surface area contributed by atoms with E-state index in [4.69, 9.17) is 9.47 Å². The van der Waals surface area contributed by atoms with Gasteiger partial charge in [0.2, 0.25) is 0 Å². The zero-order chi connectivity index (χ0) is 16.2. The molecular formula is C16H29NO4. The van der Waals surface area contributed by atoms with Crippen LogP contribution in [0.3, 0.4) is 0 Å². The van der Waals surface area contributed by atoms with E-state index in [-0.39, 0.29) is 24.0 Å². The van der Waals surface area contributed by atoms with Crippen LogP contribution in [0.2, 0.25) is 0 Å². The van der Waals surface area contributed by atoms with Gasteiger partial charge in [0.25, 0.3) is 0 Å². The average Bonchev–Trinajstić information content (AvgIpc) is 2.36. The summed E-state index contributed by atoms with van der Waals surface area (Å²) in [5.41, 5.74) is -0.485. The summed E-state index contributed by atoms with van der Waals surface area (Å²) < 4.78 is 10.2. The molecule has 0 aromatic heterocycles. The Morgan fingerprint density at radius 3 is 2.38 bits per heavy atom. The molecule has 0 N–H and O–H groups in total. The van der Waals surface area contributed by atoms with Crippen LogP contribution in [0.25, 0.3) is 0 Å². The summed E-state index contributed by atoms with van der Waals surface area (Å²) in [5.74, 6) is 0.440. The fraction of sp³-hybridized carbons (Fsp3) is 0.875. The molecule has 0 unspecified atom stereocenters. The van der Waals surface area contributed by atoms with E-state index in [1.807, 2.05) is 25.7 Å². The predicted molar refractivity (Wildman–Crippen MR) is 80.9 cm³/mol. The first-order valence-electron chi connectivity index (χ1n) is 7.70. The number of rotatable bonds is 3. The normalized spacial score (nSPS) is 23.1. The van der Waals surface area contributed by atoms with Gasteiger partial charge in [0, 0.05) is 19.0 Å². The molecular weight excluding hydrogens is 270 g/mol. The Morgan fingerprint density at radius 1 is 1.29 bits per heavy atom. The van der Waals surface area contributed by atoms with E-state index in [1.54, 1.807) is 0 Å². The van der Waals surface area contributed by atoms with Gasteiger partial charge in [0.15, 0.2) is 0 Å². The average molecular weight is 299 g/mol. The lowest BCUT2D eigenvalue weighted by molar-refractivity contribution is -0.142. The Morgan fingerprint density at radius 2 is 1.90 bits per heavy atom. The monoisotopic (exact) mass is 299 g/mol. The number of amides is 1. The predicted octanol–water partition coefficient (Wildman–Crippen LogP) is 3.22. The molecule has 21 heavy (non-hydrogen) atoms. The van der Waals surface area contributed by atoms with Crippen LogP contribution in [0, 0.1) is 11.8 Å². The summed E-state index contributed by atoms with van der Waals surface area (Å²) in [4.78, 5) is 25.6. The minimum atomic E-state index is -0.485. The third-order valence-corrected chi connectivity index (χ3v) is 3.83. The molecule has 0 aromatic rings. The SMILES string of the molecule is COC(=O)C[C@@H]1CCN(C(=O)OC(C)(C)C)[C@H](C(C)C)C1. The van der Waals surface area contributed by atoms with Crippen molar-refractivity contribution in [2.24, 2.45) is 11.8 Å². The highest BCUT2D eigenvalue weighted by Gasteiger charge is 2.36. The third-order valence-electron chi connectivity index (χ3n) is 3.83. The molecule has 0 radical (unpaired) electrons. The molecule has 1 aliphatic rings. The minimum Gasteiger partial charge on any atom is -0.469 e. The van der Waals surface area contributed by atoms with Crippen molar-refractivity contribution in [3.8, 4) is 0 Å². The lowest BCUT2D eigenvalue weighted by Crippen LogP contribution is -2.50. The number of nitrogens with zero attached hydrogens (tertiary/aromatic N) is 1. The number of hydrogen-bond donors (Lipinski definition) is 0. The quantitative estimate of drug-likeness (QED) is 0.751. The van der Waals surface area contributed by atoms with Gasteiger partial charge in [-0.05, 0) is 45.4 Å². The van der Waals surface area contributed by atoms with Gasteiger partial charge < -0.3 is 14.4 Å². The number of carbonyl (C=O) groups is 2. The minimum absolute atomic E-state index is 0.114. The molecule has 0 saturated carbocycles. The van der Waals surface area contributed by atoms with Crippen molar-refractivity contribution in [1.29, 1.82) is 0 Å². The van der Waals surface area contributed by atoms with Crippen LogP contribution in [-0.2, 0) is 14.3 Å². The highest BCUT2D eigenvalue weighted by Crippen LogP contribution is 2.31. The number of piperidine rings is 1. The molecule has 1 amide bonds. The second-order valence-electron chi connectivity index (χ2n) is 7.16. The van der Waals surface area contributed by atoms with Crippen LogP contribution in [-0.4, -0.2) is 42.3 Å². The van der Waals surface area contributed by atoms with Crippen LogP contribution in [0.4, 0.5) is 4.79 Å². The van der Waals surface area contributed by atoms with E-state index in [0.717, 1.165) is 12.8 Å². The second kappa shape index (κ2) is 7.14. The van der Waals surface area contributed by atoms with Crippen molar-refractivity contribution in [3.05, 3.63) is 0 Å². The number of methoxy groups -OCH3 is 1. The smallest absolute Gasteiger partial charge is 0.410 e. The topological polar surface area (TPSA) is 55.8 Å². The zero-order valence-electron chi connectivity index (χ0n) is 14.1. The maximum absolute atomic E-state index is 12.3. The van der Waals surface area contributed by atoms with Gasteiger partial charge in [-0.25, -0.2) is 4.79 Å². The maximum Gasteiger partial charge on any atom is 0.410 e. The van der Waals surface area contributed by atoms with Crippen molar-refractivity contribution in [3.63, 3.8) is 0 Å². The van der Waals surface area contributed by atoms with Crippen molar-refractivity contribution in [2.75, 3.05) is 13.7 Å². The molecule has 5 nitrogen and oxygen atoms in total. The molecule has 0 aliphatic carbocycles. The Bertz CT molecular complexity index is 373. The molecule has 1 saturated heterocycles. The molecule has 1 fully saturated rings. The van der Waals surface area contributed by atoms with Gasteiger partial charge in [-0.3, -0.25) is 4.79 Å². The van der Waals surface area contributed by atoms with Gasteiger partial charge in [-0.15, -0.1) is 0 Å². The molecule has 0 aromatic carbocycles. The second-order valence-corrected chi connectivity index (χ2v) is 7.16. The van der Waals surface area contributed by atoms with Crippen LogP contribution >= 0.6 is 0 Å². The fourth-order valence-electron chi connectivity index (χ4n) is 2.76. The number of hydrogen-bond acceptors (Lipinski definition) is 4.